The van der Waals surface area contributed by atoms with Crippen LogP contribution in [0.3, 0.4) is 0 Å². The van der Waals surface area contributed by atoms with E-state index in [1.165, 1.54) is 0 Å². The Kier molecular flexibility index (Phi) is 5.44. The van der Waals surface area contributed by atoms with Gasteiger partial charge >= 0.3 is 0 Å². The van der Waals surface area contributed by atoms with E-state index in [4.69, 9.17) is 11.6 Å². The standard InChI is InChI=1S/C16H23ClN2O/c1-12(2)19-9-7-15(8-10-19)18-16(20)14-5-3-13(11-17)4-6-14/h3-6,12,15H,7-11H2,1-2H3,(H,18,20). The van der Waals surface area contributed by atoms with E-state index in [0.29, 0.717) is 23.5 Å². The van der Waals surface area contributed by atoms with Crippen molar-refractivity contribution in [2.45, 2.75) is 44.7 Å². The topological polar surface area (TPSA) is 32.3 Å². The van der Waals surface area contributed by atoms with Crippen molar-refractivity contribution in [2.24, 2.45) is 0 Å². The molecular weight excluding hydrogens is 272 g/mol. The molecule has 1 aromatic rings. The summed E-state index contributed by atoms with van der Waals surface area (Å²) in [5, 5.41) is 3.13. The van der Waals surface area contributed by atoms with E-state index < -0.39 is 0 Å². The van der Waals surface area contributed by atoms with Crippen LogP contribution in [0.15, 0.2) is 24.3 Å². The van der Waals surface area contributed by atoms with Crippen molar-refractivity contribution in [2.75, 3.05) is 13.1 Å². The molecule has 0 unspecified atom stereocenters. The predicted octanol–water partition coefficient (Wildman–Crippen LogP) is 3.03. The molecule has 1 aliphatic heterocycles. The van der Waals surface area contributed by atoms with E-state index >= 15 is 0 Å². The number of benzene rings is 1. The van der Waals surface area contributed by atoms with E-state index in [0.717, 1.165) is 31.5 Å². The lowest BCUT2D eigenvalue weighted by Gasteiger charge is -2.34. The fourth-order valence-corrected chi connectivity index (χ4v) is 2.75. The Morgan fingerprint density at radius 3 is 2.40 bits per heavy atom. The number of nitrogens with zero attached hydrogens (tertiary/aromatic N) is 1. The Labute approximate surface area is 126 Å². The van der Waals surface area contributed by atoms with Crippen molar-refractivity contribution < 1.29 is 4.79 Å². The molecule has 0 saturated carbocycles. The molecule has 0 atom stereocenters. The van der Waals surface area contributed by atoms with Crippen LogP contribution in [0, 0.1) is 0 Å². The molecule has 4 heteroatoms. The average molecular weight is 295 g/mol. The van der Waals surface area contributed by atoms with Crippen molar-refractivity contribution in [3.63, 3.8) is 0 Å². The van der Waals surface area contributed by atoms with Gasteiger partial charge in [-0.15, -0.1) is 11.6 Å². The Hall–Kier alpha value is -1.06. The second kappa shape index (κ2) is 7.09. The molecule has 1 aliphatic rings. The van der Waals surface area contributed by atoms with Gasteiger partial charge in [0.1, 0.15) is 0 Å². The van der Waals surface area contributed by atoms with Gasteiger partial charge in [0.15, 0.2) is 0 Å². The van der Waals surface area contributed by atoms with Crippen LogP contribution in [0.2, 0.25) is 0 Å². The van der Waals surface area contributed by atoms with Gasteiger partial charge in [-0.05, 0) is 44.4 Å². The Balaban J connectivity index is 1.85. The molecule has 0 aromatic heterocycles. The molecule has 0 radical (unpaired) electrons. The third kappa shape index (κ3) is 3.97. The number of hydrogen-bond acceptors (Lipinski definition) is 2. The van der Waals surface area contributed by atoms with E-state index in [1.807, 2.05) is 24.3 Å². The number of amides is 1. The molecule has 3 nitrogen and oxygen atoms in total. The highest BCUT2D eigenvalue weighted by atomic mass is 35.5. The summed E-state index contributed by atoms with van der Waals surface area (Å²) in [5.74, 6) is 0.504. The van der Waals surface area contributed by atoms with Gasteiger partial charge < -0.3 is 10.2 Å². The Morgan fingerprint density at radius 1 is 1.30 bits per heavy atom. The molecule has 1 saturated heterocycles. The number of nitrogens with one attached hydrogen (secondary N) is 1. The second-order valence-electron chi connectivity index (χ2n) is 5.71. The van der Waals surface area contributed by atoms with Crippen LogP contribution in [-0.2, 0) is 5.88 Å². The maximum atomic E-state index is 12.2. The van der Waals surface area contributed by atoms with Crippen LogP contribution < -0.4 is 5.32 Å². The van der Waals surface area contributed by atoms with Crippen molar-refractivity contribution in [1.82, 2.24) is 10.2 Å². The lowest BCUT2D eigenvalue weighted by Crippen LogP contribution is -2.46. The normalized spacial score (nSPS) is 17.4. The molecule has 1 fully saturated rings. The first-order valence-electron chi connectivity index (χ1n) is 7.30. The predicted molar refractivity (Wildman–Crippen MR) is 83.2 cm³/mol. The molecule has 1 heterocycles. The van der Waals surface area contributed by atoms with Crippen LogP contribution in [0.25, 0.3) is 0 Å². The zero-order chi connectivity index (χ0) is 14.5. The maximum absolute atomic E-state index is 12.2. The first-order valence-corrected chi connectivity index (χ1v) is 7.83. The highest BCUT2D eigenvalue weighted by Gasteiger charge is 2.22. The quantitative estimate of drug-likeness (QED) is 0.866. The zero-order valence-electron chi connectivity index (χ0n) is 12.2. The summed E-state index contributed by atoms with van der Waals surface area (Å²) in [4.78, 5) is 14.6. The van der Waals surface area contributed by atoms with Crippen LogP contribution in [0.4, 0.5) is 0 Å². The first kappa shape index (κ1) is 15.3. The highest BCUT2D eigenvalue weighted by Crippen LogP contribution is 2.14. The minimum Gasteiger partial charge on any atom is -0.349 e. The average Bonchev–Trinajstić information content (AvgIpc) is 2.48. The summed E-state index contributed by atoms with van der Waals surface area (Å²) in [6, 6.07) is 8.39. The summed E-state index contributed by atoms with van der Waals surface area (Å²) in [6.07, 6.45) is 2.06. The van der Waals surface area contributed by atoms with E-state index in [1.54, 1.807) is 0 Å². The van der Waals surface area contributed by atoms with Crippen molar-refractivity contribution >= 4 is 17.5 Å². The molecule has 1 aromatic carbocycles. The van der Waals surface area contributed by atoms with Crippen molar-refractivity contribution in [3.8, 4) is 0 Å². The zero-order valence-corrected chi connectivity index (χ0v) is 13.0. The third-order valence-electron chi connectivity index (χ3n) is 3.97. The monoisotopic (exact) mass is 294 g/mol. The van der Waals surface area contributed by atoms with Crippen LogP contribution in [-0.4, -0.2) is 36.0 Å². The Morgan fingerprint density at radius 2 is 1.90 bits per heavy atom. The highest BCUT2D eigenvalue weighted by molar-refractivity contribution is 6.17. The number of carbonyl (C=O) groups excluding carboxylic acids is 1. The van der Waals surface area contributed by atoms with Crippen LogP contribution in [0.1, 0.15) is 42.6 Å². The molecule has 110 valence electrons. The number of rotatable bonds is 4. The summed E-state index contributed by atoms with van der Waals surface area (Å²) >= 11 is 5.75. The smallest absolute Gasteiger partial charge is 0.251 e. The number of halogens is 1. The van der Waals surface area contributed by atoms with Gasteiger partial charge in [-0.1, -0.05) is 12.1 Å². The SMILES string of the molecule is CC(C)N1CCC(NC(=O)c2ccc(CCl)cc2)CC1. The van der Waals surface area contributed by atoms with Gasteiger partial charge in [0, 0.05) is 36.6 Å². The second-order valence-corrected chi connectivity index (χ2v) is 5.98. The molecule has 2 rings (SSSR count). The van der Waals surface area contributed by atoms with Gasteiger partial charge in [0.2, 0.25) is 0 Å². The first-order chi connectivity index (χ1) is 9.60. The molecular formula is C16H23ClN2O. The minimum absolute atomic E-state index is 0.0223. The van der Waals surface area contributed by atoms with Gasteiger partial charge in [-0.25, -0.2) is 0 Å². The van der Waals surface area contributed by atoms with Crippen LogP contribution in [0.5, 0.6) is 0 Å². The molecule has 0 spiro atoms. The summed E-state index contributed by atoms with van der Waals surface area (Å²) < 4.78 is 0. The van der Waals surface area contributed by atoms with Crippen molar-refractivity contribution in [3.05, 3.63) is 35.4 Å². The summed E-state index contributed by atoms with van der Waals surface area (Å²) in [6.45, 7) is 6.57. The summed E-state index contributed by atoms with van der Waals surface area (Å²) in [5.41, 5.74) is 1.75. The lowest BCUT2D eigenvalue weighted by molar-refractivity contribution is 0.0900. The van der Waals surface area contributed by atoms with Gasteiger partial charge in [0.25, 0.3) is 5.91 Å². The number of piperidine rings is 1. The van der Waals surface area contributed by atoms with E-state index in [-0.39, 0.29) is 5.91 Å². The maximum Gasteiger partial charge on any atom is 0.251 e. The van der Waals surface area contributed by atoms with Crippen molar-refractivity contribution in [1.29, 1.82) is 0 Å². The molecule has 1 amide bonds. The molecule has 0 aliphatic carbocycles. The number of carbonyl (C=O) groups is 1. The minimum atomic E-state index is 0.0223. The van der Waals surface area contributed by atoms with E-state index in [9.17, 15) is 4.79 Å². The van der Waals surface area contributed by atoms with Crippen LogP contribution >= 0.6 is 11.6 Å². The van der Waals surface area contributed by atoms with Gasteiger partial charge in [0.05, 0.1) is 0 Å². The number of alkyl halides is 1. The largest absolute Gasteiger partial charge is 0.349 e. The molecule has 20 heavy (non-hydrogen) atoms. The molecule has 1 N–H and O–H groups in total. The number of likely N-dealkylation sites (tertiary alicyclic amines) is 1. The van der Waals surface area contributed by atoms with Gasteiger partial charge in [-0.3, -0.25) is 4.79 Å². The Bertz CT molecular complexity index is 436. The lowest BCUT2D eigenvalue weighted by atomic mass is 10.0. The van der Waals surface area contributed by atoms with Gasteiger partial charge in [-0.2, -0.15) is 0 Å². The van der Waals surface area contributed by atoms with E-state index in [2.05, 4.69) is 24.1 Å². The fraction of sp³-hybridized carbons (Fsp3) is 0.562. The fourth-order valence-electron chi connectivity index (χ4n) is 2.57. The number of hydrogen-bond donors (Lipinski definition) is 1. The third-order valence-corrected chi connectivity index (χ3v) is 4.27. The molecule has 0 bridgehead atoms. The summed E-state index contributed by atoms with van der Waals surface area (Å²) in [7, 11) is 0.